The maximum absolute atomic E-state index is 13.0. The number of ether oxygens (including phenoxy) is 2. The van der Waals surface area contributed by atoms with Crippen LogP contribution in [0.15, 0.2) is 29.2 Å². The molecule has 0 bridgehead atoms. The van der Waals surface area contributed by atoms with Crippen molar-refractivity contribution in [2.24, 2.45) is 5.41 Å². The summed E-state index contributed by atoms with van der Waals surface area (Å²) in [6, 6.07) is 7.39. The average Bonchev–Trinajstić information content (AvgIpc) is 2.81. The molecule has 1 rings (SSSR count). The third-order valence-electron chi connectivity index (χ3n) is 6.24. The summed E-state index contributed by atoms with van der Waals surface area (Å²) in [5.41, 5.74) is -1.25. The van der Waals surface area contributed by atoms with E-state index >= 15 is 0 Å². The molecule has 1 aromatic rings. The molecule has 0 aliphatic carbocycles. The second kappa shape index (κ2) is 17.0. The van der Waals surface area contributed by atoms with Gasteiger partial charge in [-0.25, -0.2) is 0 Å². The van der Waals surface area contributed by atoms with E-state index in [2.05, 4.69) is 6.92 Å². The first kappa shape index (κ1) is 28.5. The van der Waals surface area contributed by atoms with Crippen LogP contribution in [0.3, 0.4) is 0 Å². The molecule has 0 heterocycles. The summed E-state index contributed by atoms with van der Waals surface area (Å²) >= 11 is 1.51. The molecular formula is C27H44O4S. The Morgan fingerprint density at radius 3 is 1.84 bits per heavy atom. The average molecular weight is 465 g/mol. The van der Waals surface area contributed by atoms with Crippen molar-refractivity contribution in [3.63, 3.8) is 0 Å². The van der Waals surface area contributed by atoms with Gasteiger partial charge in [-0.2, -0.15) is 0 Å². The summed E-state index contributed by atoms with van der Waals surface area (Å²) in [6.45, 7) is 6.30. The lowest BCUT2D eigenvalue weighted by Crippen LogP contribution is -2.42. The van der Waals surface area contributed by atoms with Crippen molar-refractivity contribution in [1.82, 2.24) is 0 Å². The fourth-order valence-electron chi connectivity index (χ4n) is 3.88. The van der Waals surface area contributed by atoms with Crippen molar-refractivity contribution >= 4 is 23.7 Å². The zero-order chi connectivity index (χ0) is 23.7. The van der Waals surface area contributed by atoms with Crippen molar-refractivity contribution in [2.45, 2.75) is 109 Å². The second-order valence-corrected chi connectivity index (χ2v) is 9.35. The van der Waals surface area contributed by atoms with Gasteiger partial charge in [-0.3, -0.25) is 9.59 Å². The molecule has 5 heteroatoms. The maximum atomic E-state index is 13.0. The predicted octanol–water partition coefficient (Wildman–Crippen LogP) is 7.97. The normalized spacial score (nSPS) is 11.4. The highest BCUT2D eigenvalue weighted by atomic mass is 32.2. The number of benzene rings is 1. The van der Waals surface area contributed by atoms with Crippen molar-refractivity contribution < 1.29 is 19.1 Å². The van der Waals surface area contributed by atoms with Gasteiger partial charge in [0.05, 0.1) is 6.61 Å². The zero-order valence-electron chi connectivity index (χ0n) is 20.8. The number of carbonyl (C=O) groups excluding carboxylic acids is 2. The Morgan fingerprint density at radius 2 is 1.31 bits per heavy atom. The van der Waals surface area contributed by atoms with Crippen LogP contribution in [0.2, 0.25) is 0 Å². The van der Waals surface area contributed by atoms with E-state index in [0.29, 0.717) is 25.2 Å². The number of unbranched alkanes of at least 4 members (excludes halogenated alkanes) is 10. The molecule has 0 atom stereocenters. The van der Waals surface area contributed by atoms with Crippen molar-refractivity contribution in [1.29, 1.82) is 0 Å². The standard InChI is InChI=1S/C27H44O4S/c1-5-8-9-10-11-12-13-14-15-16-19-22-30-25(28)27(6-2,7-3)26(29)31-23-20-17-18-21-24(23)32-4/h17-18,20-21H,5-16,19,22H2,1-4H3. The Kier molecular flexibility index (Phi) is 15.2. The third-order valence-corrected chi connectivity index (χ3v) is 7.02. The number of thioether (sulfide) groups is 1. The van der Waals surface area contributed by atoms with Gasteiger partial charge in [0, 0.05) is 4.90 Å². The summed E-state index contributed by atoms with van der Waals surface area (Å²) in [7, 11) is 0. The zero-order valence-corrected chi connectivity index (χ0v) is 21.6. The Hall–Kier alpha value is -1.49. The van der Waals surface area contributed by atoms with Gasteiger partial charge in [0.2, 0.25) is 0 Å². The topological polar surface area (TPSA) is 52.6 Å². The first-order chi connectivity index (χ1) is 15.6. The van der Waals surface area contributed by atoms with E-state index in [9.17, 15) is 9.59 Å². The monoisotopic (exact) mass is 464 g/mol. The minimum atomic E-state index is -1.25. The van der Waals surface area contributed by atoms with E-state index in [0.717, 1.165) is 17.7 Å². The van der Waals surface area contributed by atoms with Crippen LogP contribution in [0.1, 0.15) is 104 Å². The number of carbonyl (C=O) groups is 2. The highest BCUT2D eigenvalue weighted by Crippen LogP contribution is 2.34. The second-order valence-electron chi connectivity index (χ2n) is 8.50. The number of hydrogen-bond acceptors (Lipinski definition) is 5. The van der Waals surface area contributed by atoms with Crippen LogP contribution in [0.4, 0.5) is 0 Å². The molecule has 0 amide bonds. The van der Waals surface area contributed by atoms with Gasteiger partial charge in [-0.1, -0.05) is 97.1 Å². The van der Waals surface area contributed by atoms with Crippen LogP contribution in [-0.4, -0.2) is 24.8 Å². The molecule has 0 fully saturated rings. The molecular weight excluding hydrogens is 420 g/mol. The van der Waals surface area contributed by atoms with Gasteiger partial charge in [-0.15, -0.1) is 11.8 Å². The van der Waals surface area contributed by atoms with Crippen LogP contribution in [-0.2, 0) is 14.3 Å². The summed E-state index contributed by atoms with van der Waals surface area (Å²) < 4.78 is 11.2. The Balaban J connectivity index is 2.37. The minimum Gasteiger partial charge on any atom is -0.465 e. The summed E-state index contributed by atoms with van der Waals surface area (Å²) in [5.74, 6) is -0.483. The molecule has 0 saturated carbocycles. The molecule has 0 radical (unpaired) electrons. The molecule has 0 aliphatic heterocycles. The maximum Gasteiger partial charge on any atom is 0.328 e. The third kappa shape index (κ3) is 9.56. The van der Waals surface area contributed by atoms with Gasteiger partial charge in [0.25, 0.3) is 0 Å². The van der Waals surface area contributed by atoms with Gasteiger partial charge in [-0.05, 0) is 37.7 Å². The lowest BCUT2D eigenvalue weighted by molar-refractivity contribution is -0.168. The van der Waals surface area contributed by atoms with Gasteiger partial charge in [0.15, 0.2) is 5.41 Å². The van der Waals surface area contributed by atoms with Crippen LogP contribution in [0, 0.1) is 5.41 Å². The first-order valence-corrected chi connectivity index (χ1v) is 13.8. The Bertz CT molecular complexity index is 655. The predicted molar refractivity (Wildman–Crippen MR) is 134 cm³/mol. The fraction of sp³-hybridized carbons (Fsp3) is 0.704. The number of rotatable bonds is 18. The SMILES string of the molecule is CCCCCCCCCCCCCOC(=O)C(CC)(CC)C(=O)Oc1ccccc1SC. The van der Waals surface area contributed by atoms with E-state index in [1.54, 1.807) is 6.07 Å². The van der Waals surface area contributed by atoms with Gasteiger partial charge < -0.3 is 9.47 Å². The summed E-state index contributed by atoms with van der Waals surface area (Å²) in [5, 5.41) is 0. The van der Waals surface area contributed by atoms with E-state index in [1.807, 2.05) is 38.3 Å². The molecule has 4 nitrogen and oxygen atoms in total. The molecule has 0 aliphatic rings. The molecule has 182 valence electrons. The lowest BCUT2D eigenvalue weighted by atomic mass is 9.82. The van der Waals surface area contributed by atoms with Crippen molar-refractivity contribution in [3.8, 4) is 5.75 Å². The summed E-state index contributed by atoms with van der Waals surface area (Å²) in [6.07, 6.45) is 16.4. The number of hydrogen-bond donors (Lipinski definition) is 0. The quantitative estimate of drug-likeness (QED) is 0.0724. The fourth-order valence-corrected chi connectivity index (χ4v) is 4.41. The molecule has 0 aromatic heterocycles. The van der Waals surface area contributed by atoms with Crippen LogP contribution < -0.4 is 4.74 Å². The first-order valence-electron chi connectivity index (χ1n) is 12.6. The summed E-state index contributed by atoms with van der Waals surface area (Å²) in [4.78, 5) is 26.7. The molecule has 1 aromatic carbocycles. The Labute approximate surface area is 200 Å². The van der Waals surface area contributed by atoms with E-state index in [4.69, 9.17) is 9.47 Å². The van der Waals surface area contributed by atoms with Crippen LogP contribution >= 0.6 is 11.8 Å². The molecule has 0 unspecified atom stereocenters. The highest BCUT2D eigenvalue weighted by Gasteiger charge is 2.46. The molecule has 32 heavy (non-hydrogen) atoms. The lowest BCUT2D eigenvalue weighted by Gasteiger charge is -2.27. The van der Waals surface area contributed by atoms with E-state index in [-0.39, 0.29) is 0 Å². The number of para-hydroxylation sites is 1. The van der Waals surface area contributed by atoms with E-state index in [1.165, 1.54) is 69.5 Å². The van der Waals surface area contributed by atoms with Crippen molar-refractivity contribution in [2.75, 3.05) is 12.9 Å². The molecule has 0 spiro atoms. The number of esters is 2. The van der Waals surface area contributed by atoms with Crippen LogP contribution in [0.5, 0.6) is 5.75 Å². The van der Waals surface area contributed by atoms with Crippen molar-refractivity contribution in [3.05, 3.63) is 24.3 Å². The van der Waals surface area contributed by atoms with Gasteiger partial charge >= 0.3 is 11.9 Å². The molecule has 0 N–H and O–H groups in total. The highest BCUT2D eigenvalue weighted by molar-refractivity contribution is 7.98. The smallest absolute Gasteiger partial charge is 0.328 e. The molecule has 0 saturated heterocycles. The van der Waals surface area contributed by atoms with E-state index < -0.39 is 17.4 Å². The van der Waals surface area contributed by atoms with Gasteiger partial charge in [0.1, 0.15) is 5.75 Å². The van der Waals surface area contributed by atoms with Crippen LogP contribution in [0.25, 0.3) is 0 Å². The largest absolute Gasteiger partial charge is 0.465 e. The Morgan fingerprint density at radius 1 is 0.781 bits per heavy atom. The minimum absolute atomic E-state index is 0.362.